The summed E-state index contributed by atoms with van der Waals surface area (Å²) in [6.45, 7) is 5.04. The number of hydrogen-bond acceptors (Lipinski definition) is 3. The Hall–Kier alpha value is -1.29. The van der Waals surface area contributed by atoms with Gasteiger partial charge in [0.1, 0.15) is 6.67 Å². The second-order valence-electron chi connectivity index (χ2n) is 4.55. The third kappa shape index (κ3) is 3.00. The van der Waals surface area contributed by atoms with Crippen LogP contribution in [0.25, 0.3) is 0 Å². The number of hydrogen-bond donors (Lipinski definition) is 0. The normalized spacial score (nSPS) is 18.3. The van der Waals surface area contributed by atoms with E-state index in [0.717, 1.165) is 17.9 Å². The molecule has 0 amide bonds. The Morgan fingerprint density at radius 1 is 1.26 bits per heavy atom. The Balaban J connectivity index is 0.00000133. The molecule has 0 saturated heterocycles. The van der Waals surface area contributed by atoms with Crippen LogP contribution in [0.1, 0.15) is 0 Å². The Morgan fingerprint density at radius 3 is 2.74 bits per heavy atom. The van der Waals surface area contributed by atoms with Crippen molar-refractivity contribution in [2.75, 3.05) is 25.5 Å². The van der Waals surface area contributed by atoms with E-state index in [-0.39, 0.29) is 20.1 Å². The van der Waals surface area contributed by atoms with Crippen molar-refractivity contribution in [1.82, 2.24) is 9.80 Å². The summed E-state index contributed by atoms with van der Waals surface area (Å²) in [6.07, 6.45) is 6.19. The zero-order valence-electron chi connectivity index (χ0n) is 10.9. The van der Waals surface area contributed by atoms with Crippen LogP contribution in [0, 0.1) is 19.4 Å². The Morgan fingerprint density at radius 2 is 2.11 bits per heavy atom. The van der Waals surface area contributed by atoms with Crippen LogP contribution < -0.4 is 4.90 Å². The molecule has 1 aromatic carbocycles. The van der Waals surface area contributed by atoms with E-state index < -0.39 is 0 Å². The van der Waals surface area contributed by atoms with Crippen LogP contribution in [0.3, 0.4) is 0 Å². The molecule has 1 radical (unpaired) electrons. The molecular formula is C14H16IrN4-2. The standard InChI is InChI=1S/C14H16N4.Ir/c1-15-6-8-17(11-15)13-4-3-5-14(10-13)18-9-7-16(2)12-18;/h3-6,8-9,11-12H,7H2,1-2H3;/q-2;. The second-order valence-corrected chi connectivity index (χ2v) is 4.55. The van der Waals surface area contributed by atoms with Crippen molar-refractivity contribution in [3.05, 3.63) is 50.0 Å². The van der Waals surface area contributed by atoms with Crippen LogP contribution in [0.4, 0.5) is 11.4 Å². The van der Waals surface area contributed by atoms with Crippen LogP contribution >= 0.6 is 0 Å². The van der Waals surface area contributed by atoms with Gasteiger partial charge in [-0.2, -0.15) is 30.9 Å². The van der Waals surface area contributed by atoms with Crippen molar-refractivity contribution in [3.63, 3.8) is 0 Å². The molecule has 0 saturated carbocycles. The van der Waals surface area contributed by atoms with E-state index in [2.05, 4.69) is 58.6 Å². The molecule has 2 heterocycles. The van der Waals surface area contributed by atoms with E-state index in [9.17, 15) is 0 Å². The Kier molecular flexibility index (Phi) is 4.30. The average Bonchev–Trinajstić information content (AvgIpc) is 2.98. The van der Waals surface area contributed by atoms with Gasteiger partial charge in [-0.15, -0.1) is 5.69 Å². The van der Waals surface area contributed by atoms with Gasteiger partial charge >= 0.3 is 0 Å². The first-order valence-corrected chi connectivity index (χ1v) is 5.95. The zero-order chi connectivity index (χ0) is 12.5. The first-order chi connectivity index (χ1) is 8.72. The molecule has 4 nitrogen and oxygen atoms in total. The van der Waals surface area contributed by atoms with Gasteiger partial charge in [0, 0.05) is 26.7 Å². The van der Waals surface area contributed by atoms with Crippen LogP contribution in [-0.2, 0) is 20.1 Å². The van der Waals surface area contributed by atoms with Crippen molar-refractivity contribution in [3.8, 4) is 0 Å². The minimum Gasteiger partial charge on any atom is -0.510 e. The maximum atomic E-state index is 3.42. The molecule has 2 aliphatic heterocycles. The van der Waals surface area contributed by atoms with Crippen molar-refractivity contribution in [1.29, 1.82) is 0 Å². The maximum Gasteiger partial charge on any atom is 0.117 e. The van der Waals surface area contributed by atoms with Gasteiger partial charge in [0.15, 0.2) is 0 Å². The molecule has 0 atom stereocenters. The summed E-state index contributed by atoms with van der Waals surface area (Å²) in [5.74, 6) is 0. The van der Waals surface area contributed by atoms with Gasteiger partial charge < -0.3 is 14.4 Å². The molecule has 103 valence electrons. The summed E-state index contributed by atoms with van der Waals surface area (Å²) in [7, 11) is 4.07. The van der Waals surface area contributed by atoms with Gasteiger partial charge in [-0.25, -0.2) is 0 Å². The van der Waals surface area contributed by atoms with Crippen LogP contribution in [0.15, 0.2) is 30.6 Å². The smallest absolute Gasteiger partial charge is 0.117 e. The summed E-state index contributed by atoms with van der Waals surface area (Å²) >= 11 is 0. The fourth-order valence-electron chi connectivity index (χ4n) is 2.02. The van der Waals surface area contributed by atoms with E-state index in [1.807, 2.05) is 31.0 Å². The van der Waals surface area contributed by atoms with Gasteiger partial charge in [-0.1, -0.05) is 0 Å². The fourth-order valence-corrected chi connectivity index (χ4v) is 2.02. The Labute approximate surface area is 128 Å². The van der Waals surface area contributed by atoms with Gasteiger partial charge in [0.2, 0.25) is 0 Å². The second kappa shape index (κ2) is 5.78. The van der Waals surface area contributed by atoms with E-state index in [4.69, 9.17) is 0 Å². The third-order valence-corrected chi connectivity index (χ3v) is 2.98. The fraction of sp³-hybridized carbons (Fsp3) is 0.214. The summed E-state index contributed by atoms with van der Waals surface area (Å²) in [5, 5.41) is 0. The number of rotatable bonds is 2. The first kappa shape index (κ1) is 14.1. The van der Waals surface area contributed by atoms with Gasteiger partial charge in [0.05, 0.1) is 6.21 Å². The van der Waals surface area contributed by atoms with Crippen molar-refractivity contribution < 1.29 is 24.7 Å². The molecule has 19 heavy (non-hydrogen) atoms. The Bertz CT molecular complexity index is 512. The van der Waals surface area contributed by atoms with E-state index in [0.29, 0.717) is 0 Å². The topological polar surface area (TPSA) is 12.7 Å². The van der Waals surface area contributed by atoms with E-state index in [1.54, 1.807) is 0 Å². The molecule has 0 unspecified atom stereocenters. The minimum atomic E-state index is 0. The predicted octanol–water partition coefficient (Wildman–Crippen LogP) is 1.61. The third-order valence-electron chi connectivity index (χ3n) is 2.98. The predicted molar refractivity (Wildman–Crippen MR) is 71.9 cm³/mol. The van der Waals surface area contributed by atoms with Crippen LogP contribution in [0.2, 0.25) is 0 Å². The van der Waals surface area contributed by atoms with E-state index >= 15 is 0 Å². The summed E-state index contributed by atoms with van der Waals surface area (Å²) in [4.78, 5) is 6.21. The minimum absolute atomic E-state index is 0. The monoisotopic (exact) mass is 433 g/mol. The summed E-state index contributed by atoms with van der Waals surface area (Å²) in [5.41, 5.74) is 2.11. The van der Waals surface area contributed by atoms with Gasteiger partial charge in [-0.3, -0.25) is 4.90 Å². The quantitative estimate of drug-likeness (QED) is 0.521. The van der Waals surface area contributed by atoms with Crippen LogP contribution in [0.5, 0.6) is 0 Å². The summed E-state index contributed by atoms with van der Waals surface area (Å²) in [6, 6.07) is 9.61. The molecule has 0 aromatic heterocycles. The van der Waals surface area contributed by atoms with Crippen molar-refractivity contribution >= 4 is 17.6 Å². The zero-order valence-corrected chi connectivity index (χ0v) is 13.3. The number of nitrogens with zero attached hydrogens (tertiary/aromatic N) is 4. The molecule has 0 spiro atoms. The molecule has 1 aromatic rings. The maximum absolute atomic E-state index is 3.42. The molecule has 3 rings (SSSR count). The average molecular weight is 433 g/mol. The molecule has 0 aliphatic carbocycles. The van der Waals surface area contributed by atoms with Crippen molar-refractivity contribution in [2.24, 2.45) is 0 Å². The van der Waals surface area contributed by atoms with Crippen LogP contribution in [-0.4, -0.2) is 41.2 Å². The van der Waals surface area contributed by atoms with Gasteiger partial charge in [0.25, 0.3) is 0 Å². The molecule has 0 bridgehead atoms. The largest absolute Gasteiger partial charge is 0.510 e. The molecule has 2 aliphatic rings. The van der Waals surface area contributed by atoms with Gasteiger partial charge in [-0.05, 0) is 32.2 Å². The molecular weight excluding hydrogens is 416 g/mol. The molecule has 0 fully saturated rings. The first-order valence-electron chi connectivity index (χ1n) is 5.95. The summed E-state index contributed by atoms with van der Waals surface area (Å²) < 4.78 is 2.10. The number of anilines is 1. The van der Waals surface area contributed by atoms with Crippen molar-refractivity contribution in [2.45, 2.75) is 0 Å². The van der Waals surface area contributed by atoms with E-state index in [1.165, 1.54) is 0 Å². The molecule has 0 N–H and O–H groups in total. The molecule has 5 heteroatoms. The SMILES string of the molecule is CN1C=CN(c2[c-]c([N+]3=CCN(C)[CH-]3)ccc2)[CH-]1.[Ir]. The number of benzene rings is 1.